The summed E-state index contributed by atoms with van der Waals surface area (Å²) in [6.07, 6.45) is 3.70. The Kier molecular flexibility index (Phi) is 4.32. The maximum Gasteiger partial charge on any atom is 0.275 e. The molecule has 0 radical (unpaired) electrons. The van der Waals surface area contributed by atoms with Gasteiger partial charge in [-0.1, -0.05) is 13.3 Å². The Morgan fingerprint density at radius 2 is 2.16 bits per heavy atom. The topological polar surface area (TPSA) is 62.6 Å². The van der Waals surface area contributed by atoms with Crippen molar-refractivity contribution in [2.75, 3.05) is 14.1 Å². The third-order valence-electron chi connectivity index (χ3n) is 3.49. The minimum Gasteiger partial charge on any atom is -0.447 e. The Balaban J connectivity index is 1.89. The number of sulfonamides is 1. The van der Waals surface area contributed by atoms with Crippen LogP contribution in [-0.2, 0) is 16.6 Å². The second-order valence-electron chi connectivity index (χ2n) is 5.28. The maximum absolute atomic E-state index is 11.8. The summed E-state index contributed by atoms with van der Waals surface area (Å²) in [5.41, 5.74) is 0. The van der Waals surface area contributed by atoms with Gasteiger partial charge in [0.25, 0.3) is 10.0 Å². The van der Waals surface area contributed by atoms with Crippen LogP contribution in [0.15, 0.2) is 21.6 Å². The summed E-state index contributed by atoms with van der Waals surface area (Å²) in [4.78, 5) is 0. The van der Waals surface area contributed by atoms with Gasteiger partial charge in [-0.15, -0.1) is 0 Å². The van der Waals surface area contributed by atoms with Crippen LogP contribution in [0.3, 0.4) is 0 Å². The van der Waals surface area contributed by atoms with Crippen LogP contribution in [0, 0.1) is 5.92 Å². The Labute approximate surface area is 115 Å². The number of nitrogens with zero attached hydrogens (tertiary/aromatic N) is 1. The van der Waals surface area contributed by atoms with E-state index in [1.54, 1.807) is 6.07 Å². The molecule has 2 unspecified atom stereocenters. The van der Waals surface area contributed by atoms with Gasteiger partial charge in [0.15, 0.2) is 0 Å². The zero-order valence-electron chi connectivity index (χ0n) is 11.7. The van der Waals surface area contributed by atoms with E-state index < -0.39 is 10.0 Å². The Hall–Kier alpha value is -0.850. The zero-order chi connectivity index (χ0) is 14.0. The summed E-state index contributed by atoms with van der Waals surface area (Å²) in [6, 6.07) is 3.81. The Bertz CT molecular complexity index is 522. The van der Waals surface area contributed by atoms with Gasteiger partial charge < -0.3 is 9.73 Å². The van der Waals surface area contributed by atoms with Crippen molar-refractivity contribution in [2.24, 2.45) is 5.92 Å². The lowest BCUT2D eigenvalue weighted by atomic mass is 10.2. The third kappa shape index (κ3) is 3.38. The molecule has 5 nitrogen and oxygen atoms in total. The number of nitrogens with one attached hydrogen (secondary N) is 1. The van der Waals surface area contributed by atoms with Crippen molar-refractivity contribution in [3.05, 3.63) is 17.9 Å². The highest BCUT2D eigenvalue weighted by atomic mass is 32.2. The summed E-state index contributed by atoms with van der Waals surface area (Å²) < 4.78 is 30.2. The van der Waals surface area contributed by atoms with Crippen molar-refractivity contribution in [3.63, 3.8) is 0 Å². The second kappa shape index (κ2) is 5.64. The molecule has 1 aromatic heterocycles. The van der Waals surface area contributed by atoms with Gasteiger partial charge in [-0.3, -0.25) is 0 Å². The monoisotopic (exact) mass is 286 g/mol. The van der Waals surface area contributed by atoms with E-state index in [4.69, 9.17) is 4.42 Å². The molecule has 0 spiro atoms. The van der Waals surface area contributed by atoms with E-state index in [1.165, 1.54) is 39.4 Å². The molecule has 0 saturated heterocycles. The minimum absolute atomic E-state index is 0.00945. The molecule has 1 aliphatic carbocycles. The van der Waals surface area contributed by atoms with Gasteiger partial charge in [-0.25, -0.2) is 12.7 Å². The van der Waals surface area contributed by atoms with Crippen LogP contribution in [-0.4, -0.2) is 32.9 Å². The standard InChI is InChI=1S/C13H22N2O3S/c1-4-5-10-8-12(10)14-9-11-6-7-13(18-11)19(16,17)15(2)3/h6-7,10,12,14H,4-5,8-9H2,1-3H3. The van der Waals surface area contributed by atoms with Crippen molar-refractivity contribution in [1.29, 1.82) is 0 Å². The van der Waals surface area contributed by atoms with E-state index in [0.29, 0.717) is 18.3 Å². The van der Waals surface area contributed by atoms with Crippen molar-refractivity contribution in [1.82, 2.24) is 9.62 Å². The van der Waals surface area contributed by atoms with Crippen LogP contribution in [0.5, 0.6) is 0 Å². The fourth-order valence-corrected chi connectivity index (χ4v) is 3.00. The van der Waals surface area contributed by atoms with Crippen LogP contribution < -0.4 is 5.32 Å². The lowest BCUT2D eigenvalue weighted by Gasteiger charge is -2.07. The smallest absolute Gasteiger partial charge is 0.275 e. The van der Waals surface area contributed by atoms with E-state index in [9.17, 15) is 8.42 Å². The largest absolute Gasteiger partial charge is 0.447 e. The molecule has 19 heavy (non-hydrogen) atoms. The molecule has 1 fully saturated rings. The average molecular weight is 286 g/mol. The molecule has 2 rings (SSSR count). The molecule has 0 amide bonds. The minimum atomic E-state index is -3.46. The highest BCUT2D eigenvalue weighted by molar-refractivity contribution is 7.88. The van der Waals surface area contributed by atoms with Crippen LogP contribution in [0.1, 0.15) is 31.9 Å². The molecule has 108 valence electrons. The summed E-state index contributed by atoms with van der Waals surface area (Å²) in [5.74, 6) is 1.45. The van der Waals surface area contributed by atoms with Gasteiger partial charge in [-0.05, 0) is 30.9 Å². The molecule has 0 bridgehead atoms. The molecule has 2 atom stereocenters. The van der Waals surface area contributed by atoms with Gasteiger partial charge in [0.1, 0.15) is 5.76 Å². The maximum atomic E-state index is 11.8. The Morgan fingerprint density at radius 1 is 1.42 bits per heavy atom. The highest BCUT2D eigenvalue weighted by Gasteiger charge is 2.35. The SMILES string of the molecule is CCCC1CC1NCc1ccc(S(=O)(=O)N(C)C)o1. The van der Waals surface area contributed by atoms with Gasteiger partial charge >= 0.3 is 0 Å². The first-order valence-electron chi connectivity index (χ1n) is 6.69. The van der Waals surface area contributed by atoms with Crippen LogP contribution >= 0.6 is 0 Å². The molecule has 1 heterocycles. The number of rotatable bonds is 7. The highest BCUT2D eigenvalue weighted by Crippen LogP contribution is 2.34. The predicted molar refractivity (Wildman–Crippen MR) is 73.2 cm³/mol. The summed E-state index contributed by atoms with van der Waals surface area (Å²) in [5, 5.41) is 3.41. The number of hydrogen-bond donors (Lipinski definition) is 1. The normalized spacial score (nSPS) is 22.9. The molecule has 6 heteroatoms. The Morgan fingerprint density at radius 3 is 2.79 bits per heavy atom. The van der Waals surface area contributed by atoms with E-state index in [0.717, 1.165) is 10.2 Å². The van der Waals surface area contributed by atoms with Gasteiger partial charge in [-0.2, -0.15) is 0 Å². The number of hydrogen-bond acceptors (Lipinski definition) is 4. The van der Waals surface area contributed by atoms with Crippen molar-refractivity contribution >= 4 is 10.0 Å². The van der Waals surface area contributed by atoms with Crippen LogP contribution in [0.25, 0.3) is 0 Å². The quantitative estimate of drug-likeness (QED) is 0.830. The van der Waals surface area contributed by atoms with Gasteiger partial charge in [0.05, 0.1) is 6.54 Å². The van der Waals surface area contributed by atoms with Gasteiger partial charge in [0.2, 0.25) is 5.09 Å². The summed E-state index contributed by atoms with van der Waals surface area (Å²) >= 11 is 0. The molecule has 1 aromatic rings. The lowest BCUT2D eigenvalue weighted by Crippen LogP contribution is -2.21. The molecule has 0 aliphatic heterocycles. The molecular formula is C13H22N2O3S. The molecule has 1 aliphatic rings. The van der Waals surface area contributed by atoms with E-state index >= 15 is 0 Å². The first-order chi connectivity index (χ1) is 8.95. The van der Waals surface area contributed by atoms with Crippen molar-refractivity contribution in [2.45, 2.75) is 43.9 Å². The van der Waals surface area contributed by atoms with E-state index in [2.05, 4.69) is 12.2 Å². The van der Waals surface area contributed by atoms with Gasteiger partial charge in [0, 0.05) is 20.1 Å². The average Bonchev–Trinajstić information content (AvgIpc) is 2.90. The number of furan rings is 1. The summed E-state index contributed by atoms with van der Waals surface area (Å²) in [6.45, 7) is 2.79. The summed E-state index contributed by atoms with van der Waals surface area (Å²) in [7, 11) is -0.469. The zero-order valence-corrected chi connectivity index (χ0v) is 12.5. The second-order valence-corrected chi connectivity index (χ2v) is 7.36. The first-order valence-corrected chi connectivity index (χ1v) is 8.13. The molecule has 1 saturated carbocycles. The van der Waals surface area contributed by atoms with Crippen LogP contribution in [0.2, 0.25) is 0 Å². The van der Waals surface area contributed by atoms with E-state index in [-0.39, 0.29) is 5.09 Å². The lowest BCUT2D eigenvalue weighted by molar-refractivity contribution is 0.387. The molecule has 0 aromatic carbocycles. The van der Waals surface area contributed by atoms with Crippen molar-refractivity contribution < 1.29 is 12.8 Å². The van der Waals surface area contributed by atoms with Crippen molar-refractivity contribution in [3.8, 4) is 0 Å². The molecule has 1 N–H and O–H groups in total. The van der Waals surface area contributed by atoms with E-state index in [1.807, 2.05) is 0 Å². The van der Waals surface area contributed by atoms with Crippen LogP contribution in [0.4, 0.5) is 0 Å². The molecular weight excluding hydrogens is 264 g/mol. The first kappa shape index (κ1) is 14.6. The predicted octanol–water partition coefficient (Wildman–Crippen LogP) is 1.81. The third-order valence-corrected chi connectivity index (χ3v) is 5.18. The fourth-order valence-electron chi connectivity index (χ4n) is 2.19. The fraction of sp³-hybridized carbons (Fsp3) is 0.692.